The molecule has 0 aliphatic carbocycles. The topological polar surface area (TPSA) is 97.2 Å². The number of aromatic nitrogens is 1. The Kier molecular flexibility index (Phi) is 7.01. The van der Waals surface area contributed by atoms with Gasteiger partial charge in [0.25, 0.3) is 0 Å². The SMILES string of the molecule is CCCC[C@@H](NC(=O)[C@H](N)Cc1c(Br)[nH]c2ccccc12)C(=O)OC. The number of halogens is 1. The summed E-state index contributed by atoms with van der Waals surface area (Å²) in [6.45, 7) is 2.02. The molecular weight excluding hydrogens is 386 g/mol. The van der Waals surface area contributed by atoms with Crippen molar-refractivity contribution >= 4 is 38.7 Å². The number of ether oxygens (including phenoxy) is 1. The molecule has 0 spiro atoms. The molecule has 0 aliphatic heterocycles. The summed E-state index contributed by atoms with van der Waals surface area (Å²) in [6, 6.07) is 6.41. The van der Waals surface area contributed by atoms with Gasteiger partial charge in [0.05, 0.1) is 17.8 Å². The van der Waals surface area contributed by atoms with Crippen molar-refractivity contribution in [1.82, 2.24) is 10.3 Å². The number of carbonyl (C=O) groups excluding carboxylic acids is 2. The maximum Gasteiger partial charge on any atom is 0.328 e. The lowest BCUT2D eigenvalue weighted by Crippen LogP contribution is -2.49. The van der Waals surface area contributed by atoms with Gasteiger partial charge in [0.15, 0.2) is 0 Å². The molecule has 1 heterocycles. The highest BCUT2D eigenvalue weighted by Crippen LogP contribution is 2.27. The molecule has 7 heteroatoms. The minimum Gasteiger partial charge on any atom is -0.467 e. The summed E-state index contributed by atoms with van der Waals surface area (Å²) in [5.41, 5.74) is 8.01. The Morgan fingerprint density at radius 3 is 2.76 bits per heavy atom. The van der Waals surface area contributed by atoms with Crippen LogP contribution in [0.3, 0.4) is 0 Å². The molecule has 25 heavy (non-hydrogen) atoms. The third-order valence-corrected chi connectivity index (χ3v) is 4.85. The number of hydrogen-bond acceptors (Lipinski definition) is 4. The van der Waals surface area contributed by atoms with E-state index in [1.807, 2.05) is 31.2 Å². The molecule has 1 aromatic carbocycles. The summed E-state index contributed by atoms with van der Waals surface area (Å²) in [6.07, 6.45) is 2.65. The maximum atomic E-state index is 12.4. The molecule has 2 aromatic rings. The van der Waals surface area contributed by atoms with Crippen LogP contribution < -0.4 is 11.1 Å². The minimum absolute atomic E-state index is 0.358. The first kappa shape index (κ1) is 19.5. The van der Waals surface area contributed by atoms with E-state index in [4.69, 9.17) is 10.5 Å². The molecule has 4 N–H and O–H groups in total. The van der Waals surface area contributed by atoms with Crippen molar-refractivity contribution in [3.05, 3.63) is 34.4 Å². The Morgan fingerprint density at radius 1 is 1.36 bits per heavy atom. The molecule has 0 saturated heterocycles. The summed E-state index contributed by atoms with van der Waals surface area (Å²) in [4.78, 5) is 27.5. The second-order valence-corrected chi connectivity index (χ2v) is 6.79. The Labute approximate surface area is 155 Å². The molecule has 136 valence electrons. The molecular formula is C18H24BrN3O3. The number of para-hydroxylation sites is 1. The maximum absolute atomic E-state index is 12.4. The van der Waals surface area contributed by atoms with Gasteiger partial charge < -0.3 is 20.8 Å². The summed E-state index contributed by atoms with van der Waals surface area (Å²) >= 11 is 3.49. The van der Waals surface area contributed by atoms with Gasteiger partial charge in [-0.1, -0.05) is 38.0 Å². The Bertz CT molecular complexity index is 744. The Morgan fingerprint density at radius 2 is 2.08 bits per heavy atom. The van der Waals surface area contributed by atoms with Crippen LogP contribution in [-0.2, 0) is 20.7 Å². The molecule has 1 aromatic heterocycles. The molecule has 0 bridgehead atoms. The monoisotopic (exact) mass is 409 g/mol. The summed E-state index contributed by atoms with van der Waals surface area (Å²) < 4.78 is 5.58. The molecule has 0 fully saturated rings. The average Bonchev–Trinajstić information content (AvgIpc) is 2.93. The van der Waals surface area contributed by atoms with E-state index >= 15 is 0 Å². The standard InChI is InChI=1S/C18H24BrN3O3/c1-3-4-8-15(18(24)25-2)22-17(23)13(20)10-12-11-7-5-6-9-14(11)21-16(12)19/h5-7,9,13,15,21H,3-4,8,10,20H2,1-2H3,(H,22,23)/t13-,15-/m1/s1. The summed E-state index contributed by atoms with van der Waals surface area (Å²) in [7, 11) is 1.32. The van der Waals surface area contributed by atoms with E-state index in [1.54, 1.807) is 0 Å². The lowest BCUT2D eigenvalue weighted by Gasteiger charge is -2.19. The Balaban J connectivity index is 2.08. The first-order valence-electron chi connectivity index (χ1n) is 8.36. The van der Waals surface area contributed by atoms with Gasteiger partial charge in [-0.05, 0) is 40.4 Å². The van der Waals surface area contributed by atoms with Crippen LogP contribution in [0.15, 0.2) is 28.9 Å². The molecule has 0 radical (unpaired) electrons. The minimum atomic E-state index is -0.760. The van der Waals surface area contributed by atoms with Crippen LogP contribution in [-0.4, -0.2) is 36.1 Å². The van der Waals surface area contributed by atoms with E-state index in [0.717, 1.165) is 33.9 Å². The third-order valence-electron chi connectivity index (χ3n) is 4.17. The fraction of sp³-hybridized carbons (Fsp3) is 0.444. The first-order chi connectivity index (χ1) is 12.0. The highest BCUT2D eigenvalue weighted by Gasteiger charge is 2.25. The van der Waals surface area contributed by atoms with Gasteiger partial charge in [-0.25, -0.2) is 4.79 Å². The number of H-pyrrole nitrogens is 1. The van der Waals surface area contributed by atoms with Crippen molar-refractivity contribution in [2.75, 3.05) is 7.11 Å². The molecule has 6 nitrogen and oxygen atoms in total. The lowest BCUT2D eigenvalue weighted by atomic mass is 10.0. The quantitative estimate of drug-likeness (QED) is 0.583. The molecule has 0 saturated carbocycles. The number of fused-ring (bicyclic) bond motifs is 1. The number of unbranched alkanes of at least 4 members (excludes halogenated alkanes) is 1. The van der Waals surface area contributed by atoms with Crippen LogP contribution in [0.2, 0.25) is 0 Å². The number of benzene rings is 1. The van der Waals surface area contributed by atoms with E-state index in [2.05, 4.69) is 26.2 Å². The van der Waals surface area contributed by atoms with Crippen molar-refractivity contribution in [3.8, 4) is 0 Å². The normalized spacial score (nSPS) is 13.4. The second-order valence-electron chi connectivity index (χ2n) is 6.00. The van der Waals surface area contributed by atoms with Gasteiger partial charge in [-0.15, -0.1) is 0 Å². The zero-order chi connectivity index (χ0) is 18.4. The fourth-order valence-corrected chi connectivity index (χ4v) is 3.35. The van der Waals surface area contributed by atoms with Crippen LogP contribution in [0.1, 0.15) is 31.7 Å². The van der Waals surface area contributed by atoms with Gasteiger partial charge in [-0.2, -0.15) is 0 Å². The van der Waals surface area contributed by atoms with Crippen LogP contribution in [0.25, 0.3) is 10.9 Å². The highest BCUT2D eigenvalue weighted by molar-refractivity contribution is 9.10. The Hall–Kier alpha value is -1.86. The molecule has 1 amide bonds. The number of rotatable bonds is 8. The van der Waals surface area contributed by atoms with E-state index in [1.165, 1.54) is 7.11 Å². The van der Waals surface area contributed by atoms with E-state index in [9.17, 15) is 9.59 Å². The average molecular weight is 410 g/mol. The van der Waals surface area contributed by atoms with Gasteiger partial charge in [0.1, 0.15) is 6.04 Å². The number of hydrogen-bond donors (Lipinski definition) is 3. The number of methoxy groups -OCH3 is 1. The van der Waals surface area contributed by atoms with Crippen molar-refractivity contribution in [2.45, 2.75) is 44.7 Å². The second kappa shape index (κ2) is 9.01. The van der Waals surface area contributed by atoms with Crippen molar-refractivity contribution in [1.29, 1.82) is 0 Å². The largest absolute Gasteiger partial charge is 0.467 e. The van der Waals surface area contributed by atoms with Crippen molar-refractivity contribution in [3.63, 3.8) is 0 Å². The summed E-state index contributed by atoms with van der Waals surface area (Å²) in [5, 5.41) is 3.74. The molecule has 2 atom stereocenters. The number of nitrogens with two attached hydrogens (primary N) is 1. The van der Waals surface area contributed by atoms with E-state index < -0.39 is 18.1 Å². The molecule has 2 rings (SSSR count). The number of carbonyl (C=O) groups is 2. The predicted octanol–water partition coefficient (Wildman–Crippen LogP) is 2.65. The van der Waals surface area contributed by atoms with Crippen molar-refractivity contribution in [2.24, 2.45) is 5.73 Å². The zero-order valence-electron chi connectivity index (χ0n) is 14.5. The first-order valence-corrected chi connectivity index (χ1v) is 9.16. The van der Waals surface area contributed by atoms with Gasteiger partial charge >= 0.3 is 5.97 Å². The van der Waals surface area contributed by atoms with Crippen LogP contribution in [0.5, 0.6) is 0 Å². The summed E-state index contributed by atoms with van der Waals surface area (Å²) in [5.74, 6) is -0.800. The molecule has 0 unspecified atom stereocenters. The van der Waals surface area contributed by atoms with Crippen LogP contribution >= 0.6 is 15.9 Å². The van der Waals surface area contributed by atoms with E-state index in [-0.39, 0.29) is 5.91 Å². The van der Waals surface area contributed by atoms with Gasteiger partial charge in [0, 0.05) is 10.9 Å². The lowest BCUT2D eigenvalue weighted by molar-refractivity contribution is -0.145. The number of amides is 1. The van der Waals surface area contributed by atoms with E-state index in [0.29, 0.717) is 12.8 Å². The zero-order valence-corrected chi connectivity index (χ0v) is 16.1. The number of nitrogens with one attached hydrogen (secondary N) is 2. The van der Waals surface area contributed by atoms with Crippen LogP contribution in [0.4, 0.5) is 0 Å². The van der Waals surface area contributed by atoms with Crippen molar-refractivity contribution < 1.29 is 14.3 Å². The third kappa shape index (κ3) is 4.83. The van der Waals surface area contributed by atoms with Gasteiger partial charge in [0.2, 0.25) is 5.91 Å². The highest BCUT2D eigenvalue weighted by atomic mass is 79.9. The van der Waals surface area contributed by atoms with Crippen LogP contribution in [0, 0.1) is 0 Å². The fourth-order valence-electron chi connectivity index (χ4n) is 2.76. The predicted molar refractivity (Wildman–Crippen MR) is 101 cm³/mol. The van der Waals surface area contributed by atoms with Gasteiger partial charge in [-0.3, -0.25) is 4.79 Å². The number of aromatic amines is 1. The molecule has 0 aliphatic rings. The number of esters is 1. The smallest absolute Gasteiger partial charge is 0.328 e.